The summed E-state index contributed by atoms with van der Waals surface area (Å²) in [5.74, 6) is -1.29. The lowest BCUT2D eigenvalue weighted by molar-refractivity contribution is -0.142. The van der Waals surface area contributed by atoms with E-state index in [0.29, 0.717) is 12.2 Å². The fourth-order valence-corrected chi connectivity index (χ4v) is 1.78. The summed E-state index contributed by atoms with van der Waals surface area (Å²) in [6.45, 7) is 0.0632. The van der Waals surface area contributed by atoms with Crippen LogP contribution in [0.4, 0.5) is 13.2 Å². The Hall–Kier alpha value is -1.53. The van der Waals surface area contributed by atoms with Gasteiger partial charge in [0.1, 0.15) is 5.82 Å². The lowest BCUT2D eigenvalue weighted by atomic mass is 10.00. The zero-order valence-electron chi connectivity index (χ0n) is 8.16. The molecule has 0 fully saturated rings. The molecular weight excluding hydrogens is 225 g/mol. The zero-order valence-corrected chi connectivity index (χ0v) is 8.16. The summed E-state index contributed by atoms with van der Waals surface area (Å²) in [7, 11) is 0. The van der Waals surface area contributed by atoms with Gasteiger partial charge in [0, 0.05) is 19.2 Å². The molecular formula is C9H9F3N2O2. The van der Waals surface area contributed by atoms with Gasteiger partial charge in [-0.2, -0.15) is 13.2 Å². The number of alkyl halides is 3. The van der Waals surface area contributed by atoms with Crippen LogP contribution in [0.3, 0.4) is 0 Å². The molecule has 1 aromatic heterocycles. The second kappa shape index (κ2) is 3.50. The van der Waals surface area contributed by atoms with Crippen molar-refractivity contribution in [1.82, 2.24) is 9.55 Å². The Morgan fingerprint density at radius 1 is 1.56 bits per heavy atom. The first kappa shape index (κ1) is 11.0. The number of hydrogen-bond acceptors (Lipinski definition) is 2. The summed E-state index contributed by atoms with van der Waals surface area (Å²) in [5, 5.41) is 8.77. The molecule has 1 aliphatic heterocycles. The molecule has 1 aromatic rings. The maximum absolute atomic E-state index is 12.3. The number of aromatic nitrogens is 2. The predicted molar refractivity (Wildman–Crippen MR) is 46.7 cm³/mol. The van der Waals surface area contributed by atoms with Gasteiger partial charge < -0.3 is 9.67 Å². The van der Waals surface area contributed by atoms with Crippen molar-refractivity contribution in [1.29, 1.82) is 0 Å². The van der Waals surface area contributed by atoms with E-state index in [1.54, 1.807) is 0 Å². The SMILES string of the molecule is O=C(O)[C@@H]1CCc2nc(C(F)(F)F)cn2C1. The average Bonchev–Trinajstić information content (AvgIpc) is 2.58. The largest absolute Gasteiger partial charge is 0.481 e. The molecule has 0 aromatic carbocycles. The van der Waals surface area contributed by atoms with Crippen molar-refractivity contribution in [2.75, 3.05) is 0 Å². The number of imidazole rings is 1. The molecule has 7 heteroatoms. The molecule has 16 heavy (non-hydrogen) atoms. The molecule has 88 valence electrons. The number of carboxylic acids is 1. The van der Waals surface area contributed by atoms with Crippen molar-refractivity contribution < 1.29 is 23.1 Å². The normalized spacial score (nSPS) is 20.6. The number of aliphatic carboxylic acids is 1. The standard InChI is InChI=1S/C9H9F3N2O2/c10-9(11,12)6-4-14-3-5(8(15)16)1-2-7(14)13-6/h4-5H,1-3H2,(H,15,16)/t5-/m1/s1. The Morgan fingerprint density at radius 3 is 2.81 bits per heavy atom. The molecule has 1 aliphatic rings. The van der Waals surface area contributed by atoms with Crippen LogP contribution >= 0.6 is 0 Å². The Balaban J connectivity index is 2.27. The maximum Gasteiger partial charge on any atom is 0.434 e. The van der Waals surface area contributed by atoms with Crippen LogP contribution in [0.5, 0.6) is 0 Å². The molecule has 0 radical (unpaired) electrons. The minimum Gasteiger partial charge on any atom is -0.481 e. The van der Waals surface area contributed by atoms with Gasteiger partial charge in [-0.05, 0) is 6.42 Å². The summed E-state index contributed by atoms with van der Waals surface area (Å²) in [5.41, 5.74) is -0.950. The van der Waals surface area contributed by atoms with Crippen LogP contribution in [0, 0.1) is 5.92 Å². The second-order valence-corrected chi connectivity index (χ2v) is 3.77. The van der Waals surface area contributed by atoms with Crippen LogP contribution in [0.1, 0.15) is 17.9 Å². The number of rotatable bonds is 1. The summed E-state index contributed by atoms with van der Waals surface area (Å²) in [6, 6.07) is 0. The summed E-state index contributed by atoms with van der Waals surface area (Å²) < 4.78 is 38.3. The lowest BCUT2D eigenvalue weighted by Crippen LogP contribution is -2.26. The van der Waals surface area contributed by atoms with E-state index in [2.05, 4.69) is 4.98 Å². The molecule has 0 amide bonds. The van der Waals surface area contributed by atoms with Crippen LogP contribution in [-0.4, -0.2) is 20.6 Å². The van der Waals surface area contributed by atoms with Gasteiger partial charge in [0.2, 0.25) is 0 Å². The number of fused-ring (bicyclic) bond motifs is 1. The minimum absolute atomic E-state index is 0.0632. The first-order valence-corrected chi connectivity index (χ1v) is 4.74. The quantitative estimate of drug-likeness (QED) is 0.802. The number of carbonyl (C=O) groups is 1. The number of nitrogens with zero attached hydrogens (tertiary/aromatic N) is 2. The molecule has 1 N–H and O–H groups in total. The van der Waals surface area contributed by atoms with E-state index >= 15 is 0 Å². The van der Waals surface area contributed by atoms with Gasteiger partial charge in [0.05, 0.1) is 5.92 Å². The first-order valence-electron chi connectivity index (χ1n) is 4.74. The van der Waals surface area contributed by atoms with Crippen LogP contribution in [0.15, 0.2) is 6.20 Å². The summed E-state index contributed by atoms with van der Waals surface area (Å²) in [4.78, 5) is 14.2. The highest BCUT2D eigenvalue weighted by atomic mass is 19.4. The van der Waals surface area contributed by atoms with Gasteiger partial charge in [-0.1, -0.05) is 0 Å². The topological polar surface area (TPSA) is 55.1 Å². The molecule has 0 spiro atoms. The Bertz CT molecular complexity index is 425. The molecule has 2 rings (SSSR count). The minimum atomic E-state index is -4.47. The average molecular weight is 234 g/mol. The van der Waals surface area contributed by atoms with E-state index in [1.165, 1.54) is 4.57 Å². The zero-order chi connectivity index (χ0) is 11.9. The van der Waals surface area contributed by atoms with Gasteiger partial charge in [-0.25, -0.2) is 4.98 Å². The van der Waals surface area contributed by atoms with E-state index in [1.807, 2.05) is 0 Å². The van der Waals surface area contributed by atoms with Gasteiger partial charge in [0.25, 0.3) is 0 Å². The molecule has 0 saturated heterocycles. The number of halogens is 3. The highest BCUT2D eigenvalue weighted by molar-refractivity contribution is 5.70. The van der Waals surface area contributed by atoms with E-state index in [0.717, 1.165) is 6.20 Å². The maximum atomic E-state index is 12.3. The molecule has 4 nitrogen and oxygen atoms in total. The summed E-state index contributed by atoms with van der Waals surface area (Å²) >= 11 is 0. The first-order chi connectivity index (χ1) is 7.38. The molecule has 0 unspecified atom stereocenters. The van der Waals surface area contributed by atoms with Gasteiger partial charge in [-0.15, -0.1) is 0 Å². The third-order valence-corrected chi connectivity index (χ3v) is 2.63. The molecule has 1 atom stereocenters. The fraction of sp³-hybridized carbons (Fsp3) is 0.556. The van der Waals surface area contributed by atoms with Crippen molar-refractivity contribution in [3.8, 4) is 0 Å². The molecule has 0 saturated carbocycles. The Labute approximate surface area is 88.7 Å². The lowest BCUT2D eigenvalue weighted by Gasteiger charge is -2.19. The number of hydrogen-bond donors (Lipinski definition) is 1. The van der Waals surface area contributed by atoms with Crippen molar-refractivity contribution in [3.63, 3.8) is 0 Å². The number of aryl methyl sites for hydroxylation is 1. The van der Waals surface area contributed by atoms with Crippen LogP contribution in [-0.2, 0) is 23.9 Å². The van der Waals surface area contributed by atoms with Crippen LogP contribution < -0.4 is 0 Å². The van der Waals surface area contributed by atoms with Crippen molar-refractivity contribution in [2.24, 2.45) is 5.92 Å². The molecule has 2 heterocycles. The highest BCUT2D eigenvalue weighted by Gasteiger charge is 2.36. The van der Waals surface area contributed by atoms with Gasteiger partial charge in [0.15, 0.2) is 5.69 Å². The third kappa shape index (κ3) is 1.89. The van der Waals surface area contributed by atoms with Crippen LogP contribution in [0.25, 0.3) is 0 Å². The molecule has 0 bridgehead atoms. The van der Waals surface area contributed by atoms with Crippen molar-refractivity contribution in [2.45, 2.75) is 25.6 Å². The van der Waals surface area contributed by atoms with E-state index < -0.39 is 23.8 Å². The Morgan fingerprint density at radius 2 is 2.25 bits per heavy atom. The predicted octanol–water partition coefficient (Wildman–Crippen LogP) is 1.55. The van der Waals surface area contributed by atoms with E-state index in [9.17, 15) is 18.0 Å². The van der Waals surface area contributed by atoms with Crippen LogP contribution in [0.2, 0.25) is 0 Å². The van der Waals surface area contributed by atoms with Gasteiger partial charge >= 0.3 is 12.1 Å². The summed E-state index contributed by atoms with van der Waals surface area (Å²) in [6.07, 6.45) is -2.98. The number of carboxylic acid groups (broad SMARTS) is 1. The second-order valence-electron chi connectivity index (χ2n) is 3.77. The van der Waals surface area contributed by atoms with E-state index in [4.69, 9.17) is 5.11 Å². The monoisotopic (exact) mass is 234 g/mol. The van der Waals surface area contributed by atoms with Crippen molar-refractivity contribution >= 4 is 5.97 Å². The fourth-order valence-electron chi connectivity index (χ4n) is 1.78. The third-order valence-electron chi connectivity index (χ3n) is 2.63. The highest BCUT2D eigenvalue weighted by Crippen LogP contribution is 2.30. The van der Waals surface area contributed by atoms with Crippen molar-refractivity contribution in [3.05, 3.63) is 17.7 Å². The Kier molecular flexibility index (Phi) is 2.40. The molecule has 0 aliphatic carbocycles. The smallest absolute Gasteiger partial charge is 0.434 e. The van der Waals surface area contributed by atoms with E-state index in [-0.39, 0.29) is 13.0 Å². The van der Waals surface area contributed by atoms with Gasteiger partial charge in [-0.3, -0.25) is 4.79 Å².